The van der Waals surface area contributed by atoms with Crippen molar-refractivity contribution < 1.29 is 4.79 Å². The standard InChI is InChI=1S/C23H29NOS/c1-3-22(20-11-10-18-6-4-5-7-19(18)16-20)24-23(25)14-15-26-21-12-8-17(2)9-13-21/h8-13,16,22H,3-7,14-15H2,1-2H3,(H,24,25)/t22-/m1/s1. The molecule has 2 nitrogen and oxygen atoms in total. The molecule has 1 aliphatic rings. The number of nitrogens with one attached hydrogen (secondary N) is 1. The second kappa shape index (κ2) is 9.27. The first-order chi connectivity index (χ1) is 12.7. The number of aryl methyl sites for hydroxylation is 3. The van der Waals surface area contributed by atoms with Crippen molar-refractivity contribution >= 4 is 17.7 Å². The van der Waals surface area contributed by atoms with Gasteiger partial charge in [-0.3, -0.25) is 4.79 Å². The lowest BCUT2D eigenvalue weighted by Crippen LogP contribution is -2.28. The first kappa shape index (κ1) is 19.0. The molecule has 0 saturated heterocycles. The third-order valence-corrected chi connectivity index (χ3v) is 6.15. The van der Waals surface area contributed by atoms with Crippen LogP contribution < -0.4 is 5.32 Å². The minimum atomic E-state index is 0.124. The van der Waals surface area contributed by atoms with E-state index >= 15 is 0 Å². The second-order valence-electron chi connectivity index (χ2n) is 7.18. The monoisotopic (exact) mass is 367 g/mol. The minimum Gasteiger partial charge on any atom is -0.349 e. The zero-order chi connectivity index (χ0) is 18.4. The Balaban J connectivity index is 1.52. The molecule has 0 unspecified atom stereocenters. The largest absolute Gasteiger partial charge is 0.349 e. The fourth-order valence-electron chi connectivity index (χ4n) is 3.55. The summed E-state index contributed by atoms with van der Waals surface area (Å²) in [6.07, 6.45) is 6.46. The summed E-state index contributed by atoms with van der Waals surface area (Å²) in [5.41, 5.74) is 5.50. The van der Waals surface area contributed by atoms with Gasteiger partial charge in [-0.25, -0.2) is 0 Å². The zero-order valence-corrected chi connectivity index (χ0v) is 16.7. The van der Waals surface area contributed by atoms with Crippen molar-refractivity contribution in [1.82, 2.24) is 5.32 Å². The molecule has 2 aromatic rings. The van der Waals surface area contributed by atoms with Crippen LogP contribution in [-0.2, 0) is 17.6 Å². The van der Waals surface area contributed by atoms with Crippen LogP contribution in [0, 0.1) is 6.92 Å². The lowest BCUT2D eigenvalue weighted by molar-refractivity contribution is -0.121. The highest BCUT2D eigenvalue weighted by Crippen LogP contribution is 2.26. The topological polar surface area (TPSA) is 29.1 Å². The maximum Gasteiger partial charge on any atom is 0.221 e. The van der Waals surface area contributed by atoms with E-state index in [0.29, 0.717) is 6.42 Å². The molecule has 1 atom stereocenters. The van der Waals surface area contributed by atoms with Gasteiger partial charge in [-0.2, -0.15) is 0 Å². The van der Waals surface area contributed by atoms with Gasteiger partial charge < -0.3 is 5.32 Å². The molecule has 0 radical (unpaired) electrons. The Morgan fingerprint density at radius 1 is 1.08 bits per heavy atom. The molecule has 0 bridgehead atoms. The second-order valence-corrected chi connectivity index (χ2v) is 8.34. The van der Waals surface area contributed by atoms with E-state index in [2.05, 4.69) is 61.6 Å². The summed E-state index contributed by atoms with van der Waals surface area (Å²) in [5.74, 6) is 0.962. The van der Waals surface area contributed by atoms with Crippen LogP contribution in [0.5, 0.6) is 0 Å². The SMILES string of the molecule is CC[C@@H](NC(=O)CCSc1ccc(C)cc1)c1ccc2c(c1)CCCC2. The number of benzene rings is 2. The Bertz CT molecular complexity index is 738. The third-order valence-electron chi connectivity index (χ3n) is 5.14. The molecule has 26 heavy (non-hydrogen) atoms. The molecule has 0 fully saturated rings. The van der Waals surface area contributed by atoms with Crippen molar-refractivity contribution in [2.75, 3.05) is 5.75 Å². The van der Waals surface area contributed by atoms with E-state index in [4.69, 9.17) is 0 Å². The summed E-state index contributed by atoms with van der Waals surface area (Å²) >= 11 is 1.75. The average molecular weight is 368 g/mol. The normalized spacial score (nSPS) is 14.5. The Morgan fingerprint density at radius 2 is 1.81 bits per heavy atom. The van der Waals surface area contributed by atoms with E-state index in [1.807, 2.05) is 0 Å². The zero-order valence-electron chi connectivity index (χ0n) is 15.9. The summed E-state index contributed by atoms with van der Waals surface area (Å²) in [7, 11) is 0. The number of amides is 1. The van der Waals surface area contributed by atoms with Gasteiger partial charge in [-0.05, 0) is 67.9 Å². The lowest BCUT2D eigenvalue weighted by Gasteiger charge is -2.21. The Kier molecular flexibility index (Phi) is 6.79. The Labute approximate surface area is 161 Å². The smallest absolute Gasteiger partial charge is 0.221 e. The number of fused-ring (bicyclic) bond motifs is 1. The van der Waals surface area contributed by atoms with E-state index in [9.17, 15) is 4.79 Å². The maximum atomic E-state index is 12.4. The Hall–Kier alpha value is -1.74. The number of carbonyl (C=O) groups excluding carboxylic acids is 1. The number of hydrogen-bond acceptors (Lipinski definition) is 2. The van der Waals surface area contributed by atoms with Crippen LogP contribution in [0.2, 0.25) is 0 Å². The maximum absolute atomic E-state index is 12.4. The summed E-state index contributed by atoms with van der Waals surface area (Å²) in [6, 6.07) is 15.4. The molecular weight excluding hydrogens is 338 g/mol. The van der Waals surface area contributed by atoms with E-state index in [-0.39, 0.29) is 11.9 Å². The molecule has 1 aliphatic carbocycles. The lowest BCUT2D eigenvalue weighted by atomic mass is 9.89. The van der Waals surface area contributed by atoms with Crippen molar-refractivity contribution in [3.8, 4) is 0 Å². The van der Waals surface area contributed by atoms with Gasteiger partial charge in [0, 0.05) is 17.1 Å². The molecule has 0 saturated carbocycles. The van der Waals surface area contributed by atoms with Crippen molar-refractivity contribution in [3.05, 3.63) is 64.7 Å². The molecule has 2 aromatic carbocycles. The van der Waals surface area contributed by atoms with Crippen LogP contribution in [0.3, 0.4) is 0 Å². The predicted octanol–water partition coefficient (Wildman–Crippen LogP) is 5.62. The van der Waals surface area contributed by atoms with E-state index < -0.39 is 0 Å². The number of thioether (sulfide) groups is 1. The van der Waals surface area contributed by atoms with Crippen molar-refractivity contribution in [2.24, 2.45) is 0 Å². The minimum absolute atomic E-state index is 0.124. The molecule has 3 heteroatoms. The predicted molar refractivity (Wildman–Crippen MR) is 111 cm³/mol. The van der Waals surface area contributed by atoms with Gasteiger partial charge in [0.15, 0.2) is 0 Å². The van der Waals surface area contributed by atoms with Gasteiger partial charge in [0.1, 0.15) is 0 Å². The summed E-state index contributed by atoms with van der Waals surface area (Å²) in [5, 5.41) is 3.23. The first-order valence-corrected chi connectivity index (χ1v) is 10.7. The van der Waals surface area contributed by atoms with Gasteiger partial charge >= 0.3 is 0 Å². The van der Waals surface area contributed by atoms with Crippen LogP contribution in [0.4, 0.5) is 0 Å². The van der Waals surface area contributed by atoms with Gasteiger partial charge in [0.25, 0.3) is 0 Å². The number of hydrogen-bond donors (Lipinski definition) is 1. The highest BCUT2D eigenvalue weighted by Gasteiger charge is 2.16. The molecule has 3 rings (SSSR count). The molecule has 1 amide bonds. The summed E-state index contributed by atoms with van der Waals surface area (Å²) in [4.78, 5) is 13.6. The average Bonchev–Trinajstić information content (AvgIpc) is 2.67. The highest BCUT2D eigenvalue weighted by molar-refractivity contribution is 7.99. The van der Waals surface area contributed by atoms with Crippen LogP contribution in [0.15, 0.2) is 47.4 Å². The van der Waals surface area contributed by atoms with E-state index in [1.165, 1.54) is 52.8 Å². The van der Waals surface area contributed by atoms with Crippen LogP contribution in [0.25, 0.3) is 0 Å². The molecular formula is C23H29NOS. The molecule has 0 aromatic heterocycles. The molecule has 1 N–H and O–H groups in total. The van der Waals surface area contributed by atoms with Crippen molar-refractivity contribution in [1.29, 1.82) is 0 Å². The van der Waals surface area contributed by atoms with Gasteiger partial charge in [0.05, 0.1) is 6.04 Å². The summed E-state index contributed by atoms with van der Waals surface area (Å²) in [6.45, 7) is 4.24. The van der Waals surface area contributed by atoms with Crippen LogP contribution in [0.1, 0.15) is 60.9 Å². The van der Waals surface area contributed by atoms with Gasteiger partial charge in [-0.1, -0.05) is 42.8 Å². The van der Waals surface area contributed by atoms with Crippen LogP contribution in [-0.4, -0.2) is 11.7 Å². The van der Waals surface area contributed by atoms with Crippen molar-refractivity contribution in [2.45, 2.75) is 63.3 Å². The molecule has 0 aliphatic heterocycles. The Morgan fingerprint density at radius 3 is 2.54 bits per heavy atom. The molecule has 0 heterocycles. The first-order valence-electron chi connectivity index (χ1n) is 9.76. The molecule has 138 valence electrons. The number of rotatable bonds is 7. The molecule has 0 spiro atoms. The van der Waals surface area contributed by atoms with E-state index in [1.54, 1.807) is 11.8 Å². The number of carbonyl (C=O) groups is 1. The fourth-order valence-corrected chi connectivity index (χ4v) is 4.41. The van der Waals surface area contributed by atoms with Gasteiger partial charge in [-0.15, -0.1) is 11.8 Å². The quantitative estimate of drug-likeness (QED) is 0.643. The van der Waals surface area contributed by atoms with E-state index in [0.717, 1.165) is 12.2 Å². The van der Waals surface area contributed by atoms with Crippen molar-refractivity contribution in [3.63, 3.8) is 0 Å². The van der Waals surface area contributed by atoms with Crippen LogP contribution >= 0.6 is 11.8 Å². The third kappa shape index (κ3) is 5.14. The highest BCUT2D eigenvalue weighted by atomic mass is 32.2. The summed E-state index contributed by atoms with van der Waals surface area (Å²) < 4.78 is 0. The fraction of sp³-hybridized carbons (Fsp3) is 0.435. The van der Waals surface area contributed by atoms with Gasteiger partial charge in [0.2, 0.25) is 5.91 Å².